The highest BCUT2D eigenvalue weighted by Gasteiger charge is 2.27. The van der Waals surface area contributed by atoms with Gasteiger partial charge in [-0.2, -0.15) is 0 Å². The van der Waals surface area contributed by atoms with Crippen LogP contribution in [-0.4, -0.2) is 20.8 Å². The number of hydrogen-bond donors (Lipinski definition) is 1. The summed E-state index contributed by atoms with van der Waals surface area (Å²) >= 11 is 0. The fraction of sp³-hybridized carbons (Fsp3) is 0.500. The molecule has 1 aliphatic carbocycles. The first-order valence-electron chi connectivity index (χ1n) is 7.47. The Kier molecular flexibility index (Phi) is 4.11. The third-order valence-corrected chi connectivity index (χ3v) is 4.09. The Bertz CT molecular complexity index is 530. The normalized spacial score (nSPS) is 16.2. The first-order chi connectivity index (χ1) is 9.83. The molecule has 1 aromatic carbocycles. The quantitative estimate of drug-likeness (QED) is 0.840. The van der Waals surface area contributed by atoms with E-state index in [4.69, 9.17) is 0 Å². The van der Waals surface area contributed by atoms with Crippen molar-refractivity contribution in [3.63, 3.8) is 0 Å². The van der Waals surface area contributed by atoms with E-state index in [1.165, 1.54) is 18.4 Å². The van der Waals surface area contributed by atoms with Gasteiger partial charge in [-0.3, -0.25) is 0 Å². The molecule has 0 amide bonds. The van der Waals surface area contributed by atoms with Crippen LogP contribution >= 0.6 is 0 Å². The summed E-state index contributed by atoms with van der Waals surface area (Å²) in [6.07, 6.45) is 5.59. The average Bonchev–Trinajstić information content (AvgIpc) is 3.24. The Morgan fingerprint density at radius 1 is 1.30 bits per heavy atom. The second-order valence-electron chi connectivity index (χ2n) is 5.68. The molecule has 1 aliphatic rings. The number of hydrogen-bond acceptors (Lipinski definition) is 3. The highest BCUT2D eigenvalue weighted by atomic mass is 15.3. The number of aromatic nitrogens is 3. The van der Waals surface area contributed by atoms with Gasteiger partial charge >= 0.3 is 0 Å². The Morgan fingerprint density at radius 3 is 2.85 bits per heavy atom. The molecule has 1 aromatic heterocycles. The molecule has 4 heteroatoms. The van der Waals surface area contributed by atoms with Crippen LogP contribution in [0.4, 0.5) is 0 Å². The molecule has 0 bridgehead atoms. The van der Waals surface area contributed by atoms with Crippen molar-refractivity contribution in [2.45, 2.75) is 45.3 Å². The van der Waals surface area contributed by atoms with Crippen LogP contribution in [-0.2, 0) is 19.5 Å². The van der Waals surface area contributed by atoms with Crippen molar-refractivity contribution in [2.24, 2.45) is 5.92 Å². The van der Waals surface area contributed by atoms with Gasteiger partial charge in [0.1, 0.15) is 12.2 Å². The fourth-order valence-electron chi connectivity index (χ4n) is 2.51. The van der Waals surface area contributed by atoms with E-state index in [1.54, 1.807) is 0 Å². The molecule has 4 nitrogen and oxygen atoms in total. The van der Waals surface area contributed by atoms with Gasteiger partial charge in [0.25, 0.3) is 0 Å². The van der Waals surface area contributed by atoms with Crippen molar-refractivity contribution in [2.75, 3.05) is 0 Å². The second-order valence-corrected chi connectivity index (χ2v) is 5.68. The van der Waals surface area contributed by atoms with E-state index in [0.29, 0.717) is 6.04 Å². The molecular formula is C16H22N4. The van der Waals surface area contributed by atoms with Crippen LogP contribution in [0.25, 0.3) is 0 Å². The summed E-state index contributed by atoms with van der Waals surface area (Å²) in [4.78, 5) is 0. The van der Waals surface area contributed by atoms with Gasteiger partial charge in [0.05, 0.1) is 6.54 Å². The lowest BCUT2D eigenvalue weighted by atomic mass is 10.1. The number of nitrogens with zero attached hydrogens (tertiary/aromatic N) is 3. The molecule has 2 aromatic rings. The van der Waals surface area contributed by atoms with E-state index in [-0.39, 0.29) is 0 Å². The Balaban J connectivity index is 1.53. The molecule has 0 spiro atoms. The molecule has 1 atom stereocenters. The SMILES string of the molecule is C[C@H](NCc1nncn1CCc1ccccc1)C1CC1. The number of benzene rings is 1. The summed E-state index contributed by atoms with van der Waals surface area (Å²) in [7, 11) is 0. The van der Waals surface area contributed by atoms with Crippen molar-refractivity contribution in [1.29, 1.82) is 0 Å². The monoisotopic (exact) mass is 270 g/mol. The topological polar surface area (TPSA) is 42.7 Å². The first-order valence-corrected chi connectivity index (χ1v) is 7.47. The van der Waals surface area contributed by atoms with Crippen LogP contribution in [0.2, 0.25) is 0 Å². The van der Waals surface area contributed by atoms with E-state index in [2.05, 4.69) is 57.3 Å². The van der Waals surface area contributed by atoms with Crippen molar-refractivity contribution >= 4 is 0 Å². The molecule has 1 N–H and O–H groups in total. The van der Waals surface area contributed by atoms with Crippen molar-refractivity contribution < 1.29 is 0 Å². The number of aryl methyl sites for hydroxylation is 2. The minimum absolute atomic E-state index is 0.592. The summed E-state index contributed by atoms with van der Waals surface area (Å²) in [6, 6.07) is 11.1. The molecule has 106 valence electrons. The molecule has 20 heavy (non-hydrogen) atoms. The maximum atomic E-state index is 4.23. The summed E-state index contributed by atoms with van der Waals surface area (Å²) in [5, 5.41) is 11.8. The molecule has 3 rings (SSSR count). The summed E-state index contributed by atoms with van der Waals surface area (Å²) in [6.45, 7) is 4.01. The van der Waals surface area contributed by atoms with Gasteiger partial charge in [0.15, 0.2) is 0 Å². The average molecular weight is 270 g/mol. The zero-order valence-electron chi connectivity index (χ0n) is 12.0. The molecule has 0 unspecified atom stereocenters. The minimum atomic E-state index is 0.592. The molecule has 0 aliphatic heterocycles. The van der Waals surface area contributed by atoms with Crippen LogP contribution in [0.1, 0.15) is 31.2 Å². The lowest BCUT2D eigenvalue weighted by Gasteiger charge is -2.13. The lowest BCUT2D eigenvalue weighted by Crippen LogP contribution is -2.28. The first kappa shape index (κ1) is 13.3. The van der Waals surface area contributed by atoms with Crippen LogP contribution in [0, 0.1) is 5.92 Å². The third kappa shape index (κ3) is 3.45. The molecule has 1 saturated carbocycles. The molecule has 1 fully saturated rings. The van der Waals surface area contributed by atoms with Gasteiger partial charge < -0.3 is 9.88 Å². The van der Waals surface area contributed by atoms with Crippen molar-refractivity contribution in [3.05, 3.63) is 48.0 Å². The maximum absolute atomic E-state index is 4.23. The van der Waals surface area contributed by atoms with Crippen LogP contribution in [0.3, 0.4) is 0 Å². The maximum Gasteiger partial charge on any atom is 0.146 e. The van der Waals surface area contributed by atoms with E-state index in [0.717, 1.165) is 31.3 Å². The zero-order chi connectivity index (χ0) is 13.8. The molecular weight excluding hydrogens is 248 g/mol. The van der Waals surface area contributed by atoms with Crippen LogP contribution in [0.15, 0.2) is 36.7 Å². The van der Waals surface area contributed by atoms with Gasteiger partial charge in [-0.25, -0.2) is 0 Å². The summed E-state index contributed by atoms with van der Waals surface area (Å²) < 4.78 is 2.15. The smallest absolute Gasteiger partial charge is 0.146 e. The molecule has 0 radical (unpaired) electrons. The van der Waals surface area contributed by atoms with Crippen molar-refractivity contribution in [3.8, 4) is 0 Å². The van der Waals surface area contributed by atoms with Gasteiger partial charge in [-0.1, -0.05) is 30.3 Å². The Hall–Kier alpha value is -1.68. The predicted octanol–water partition coefficient (Wildman–Crippen LogP) is 2.41. The van der Waals surface area contributed by atoms with Crippen LogP contribution in [0.5, 0.6) is 0 Å². The predicted molar refractivity (Wildman–Crippen MR) is 79.2 cm³/mol. The van der Waals surface area contributed by atoms with Gasteiger partial charge in [0, 0.05) is 12.6 Å². The third-order valence-electron chi connectivity index (χ3n) is 4.09. The highest BCUT2D eigenvalue weighted by molar-refractivity contribution is 5.14. The lowest BCUT2D eigenvalue weighted by molar-refractivity contribution is 0.476. The van der Waals surface area contributed by atoms with Crippen LogP contribution < -0.4 is 5.32 Å². The van der Waals surface area contributed by atoms with E-state index in [1.807, 2.05) is 6.33 Å². The number of nitrogens with one attached hydrogen (secondary N) is 1. The van der Waals surface area contributed by atoms with E-state index >= 15 is 0 Å². The van der Waals surface area contributed by atoms with Crippen molar-refractivity contribution in [1.82, 2.24) is 20.1 Å². The second kappa shape index (κ2) is 6.18. The molecule has 0 saturated heterocycles. The Labute approximate surface area is 120 Å². The zero-order valence-corrected chi connectivity index (χ0v) is 12.0. The van der Waals surface area contributed by atoms with Gasteiger partial charge in [-0.05, 0) is 37.7 Å². The fourth-order valence-corrected chi connectivity index (χ4v) is 2.51. The van der Waals surface area contributed by atoms with Gasteiger partial charge in [0.2, 0.25) is 0 Å². The standard InChI is InChI=1S/C16H22N4/c1-13(15-7-8-15)17-11-16-19-18-12-20(16)10-9-14-5-3-2-4-6-14/h2-6,12-13,15,17H,7-11H2,1H3/t13-/m0/s1. The summed E-state index contributed by atoms with van der Waals surface area (Å²) in [5.74, 6) is 1.91. The minimum Gasteiger partial charge on any atom is -0.316 e. The van der Waals surface area contributed by atoms with E-state index in [9.17, 15) is 0 Å². The Morgan fingerprint density at radius 2 is 2.10 bits per heavy atom. The van der Waals surface area contributed by atoms with E-state index < -0.39 is 0 Å². The van der Waals surface area contributed by atoms with Gasteiger partial charge in [-0.15, -0.1) is 10.2 Å². The summed E-state index contributed by atoms with van der Waals surface area (Å²) in [5.41, 5.74) is 1.35. The molecule has 1 heterocycles. The largest absolute Gasteiger partial charge is 0.316 e. The highest BCUT2D eigenvalue weighted by Crippen LogP contribution is 2.32. The number of rotatable bonds is 7.